The van der Waals surface area contributed by atoms with Crippen molar-refractivity contribution in [1.82, 2.24) is 4.98 Å². The minimum atomic E-state index is -1.71. The van der Waals surface area contributed by atoms with Crippen molar-refractivity contribution in [1.29, 1.82) is 0 Å². The van der Waals surface area contributed by atoms with Gasteiger partial charge >= 0.3 is 5.97 Å². The Balaban J connectivity index is 1.21. The molecule has 1 aliphatic heterocycles. The molecule has 7 heteroatoms. The Morgan fingerprint density at radius 2 is 1.79 bits per heavy atom. The number of ether oxygens (including phenoxy) is 2. The molecule has 2 aromatic carbocycles. The molecule has 1 atom stereocenters. The maximum absolute atomic E-state index is 12.2. The van der Waals surface area contributed by atoms with Crippen molar-refractivity contribution in [2.75, 3.05) is 25.7 Å². The molecule has 6 nitrogen and oxygen atoms in total. The van der Waals surface area contributed by atoms with Gasteiger partial charge in [0.1, 0.15) is 5.75 Å². The van der Waals surface area contributed by atoms with E-state index in [1.807, 2.05) is 0 Å². The van der Waals surface area contributed by atoms with E-state index < -0.39 is 8.32 Å². The fourth-order valence-corrected chi connectivity index (χ4v) is 7.25. The van der Waals surface area contributed by atoms with Crippen LogP contribution in [0, 0.1) is 0 Å². The van der Waals surface area contributed by atoms with Crippen molar-refractivity contribution < 1.29 is 18.7 Å². The molecular weight excluding hydrogens is 540 g/mol. The number of carbonyl (C=O) groups excluding carboxylic acids is 1. The number of pyridine rings is 1. The summed E-state index contributed by atoms with van der Waals surface area (Å²) in [5.41, 5.74) is 6.43. The van der Waals surface area contributed by atoms with E-state index in [1.54, 1.807) is 18.5 Å². The first kappa shape index (κ1) is 30.3. The van der Waals surface area contributed by atoms with E-state index >= 15 is 0 Å². The first-order valence-electron chi connectivity index (χ1n) is 15.3. The van der Waals surface area contributed by atoms with Crippen LogP contribution < -0.4 is 9.64 Å². The van der Waals surface area contributed by atoms with Gasteiger partial charge in [-0.2, -0.15) is 0 Å². The van der Waals surface area contributed by atoms with Gasteiger partial charge in [-0.1, -0.05) is 39.0 Å². The lowest BCUT2D eigenvalue weighted by atomic mass is 9.77. The van der Waals surface area contributed by atoms with Gasteiger partial charge in [0.05, 0.1) is 19.3 Å². The van der Waals surface area contributed by atoms with Crippen molar-refractivity contribution in [3.63, 3.8) is 0 Å². The van der Waals surface area contributed by atoms with E-state index in [2.05, 4.69) is 93.3 Å². The van der Waals surface area contributed by atoms with E-state index in [0.717, 1.165) is 54.8 Å². The monoisotopic (exact) mass is 586 g/mol. The fraction of sp³-hybridized carbons (Fsp3) is 0.486. The van der Waals surface area contributed by atoms with Gasteiger partial charge in [0.25, 0.3) is 0 Å². The SMILES string of the molecule is COC(=O)c1ccncc1CC[C@@H]1CCOc2cc(N(C)c3ccc(C4CC(O[Si](C)(C)C(C)(C)C)C4)cc3)ccc21. The molecule has 5 rings (SSSR count). The quantitative estimate of drug-likeness (QED) is 0.185. The normalized spacial score (nSPS) is 20.2. The predicted molar refractivity (Wildman–Crippen MR) is 172 cm³/mol. The third-order valence-electron chi connectivity index (χ3n) is 9.73. The Labute approximate surface area is 252 Å². The van der Waals surface area contributed by atoms with Crippen molar-refractivity contribution in [3.05, 3.63) is 83.2 Å². The maximum Gasteiger partial charge on any atom is 0.338 e. The molecule has 0 radical (unpaired) electrons. The standard InChI is InChI=1S/C35H46N2O4Si/c1-35(2,3)42(6,7)41-30-20-27(21-30)24-10-12-28(13-11-24)37(4)29-14-15-31-25(17-19-40-33(31)22-29)8-9-26-23-36-18-16-32(26)34(38)39-5/h10-16,18,22-23,25,27,30H,8-9,17,19-21H2,1-7H3/t25-,27?,30?/m1/s1. The van der Waals surface area contributed by atoms with Gasteiger partial charge in [0.15, 0.2) is 8.32 Å². The average molecular weight is 587 g/mol. The van der Waals surface area contributed by atoms with Crippen LogP contribution in [0.3, 0.4) is 0 Å². The summed E-state index contributed by atoms with van der Waals surface area (Å²) >= 11 is 0. The summed E-state index contributed by atoms with van der Waals surface area (Å²) in [6.07, 6.45) is 8.71. The number of anilines is 2. The van der Waals surface area contributed by atoms with Crippen LogP contribution in [0.4, 0.5) is 11.4 Å². The van der Waals surface area contributed by atoms with Crippen LogP contribution in [0.25, 0.3) is 0 Å². The first-order valence-corrected chi connectivity index (χ1v) is 18.2. The highest BCUT2D eigenvalue weighted by Crippen LogP contribution is 2.45. The van der Waals surface area contributed by atoms with Crippen molar-refractivity contribution in [2.45, 2.75) is 88.9 Å². The second kappa shape index (κ2) is 12.2. The number of esters is 1. The highest BCUT2D eigenvalue weighted by molar-refractivity contribution is 6.74. The number of nitrogens with zero attached hydrogens (tertiary/aromatic N) is 2. The van der Waals surface area contributed by atoms with Crippen LogP contribution in [0.1, 0.15) is 85.3 Å². The second-order valence-corrected chi connectivity index (χ2v) is 18.2. The van der Waals surface area contributed by atoms with Crippen LogP contribution in [0.5, 0.6) is 5.75 Å². The first-order chi connectivity index (χ1) is 20.0. The Morgan fingerprint density at radius 1 is 1.07 bits per heavy atom. The number of hydrogen-bond acceptors (Lipinski definition) is 6. The third kappa shape index (κ3) is 6.42. The summed E-state index contributed by atoms with van der Waals surface area (Å²) in [5, 5.41) is 0.253. The number of aryl methyl sites for hydroxylation is 1. The lowest BCUT2D eigenvalue weighted by Crippen LogP contribution is -2.47. The topological polar surface area (TPSA) is 60.9 Å². The van der Waals surface area contributed by atoms with Crippen LogP contribution in [0.15, 0.2) is 60.9 Å². The largest absolute Gasteiger partial charge is 0.493 e. The highest BCUT2D eigenvalue weighted by Gasteiger charge is 2.42. The molecule has 1 saturated carbocycles. The lowest BCUT2D eigenvalue weighted by molar-refractivity contribution is 0.0599. The molecule has 0 N–H and O–H groups in total. The average Bonchev–Trinajstić information content (AvgIpc) is 2.96. The summed E-state index contributed by atoms with van der Waals surface area (Å²) in [5.74, 6) is 1.59. The number of carbonyl (C=O) groups is 1. The van der Waals surface area contributed by atoms with Gasteiger partial charge in [-0.25, -0.2) is 4.79 Å². The van der Waals surface area contributed by atoms with E-state index in [9.17, 15) is 4.79 Å². The Hall–Kier alpha value is -3.16. The molecule has 1 aliphatic carbocycles. The minimum absolute atomic E-state index is 0.253. The fourth-order valence-electron chi connectivity index (χ4n) is 5.87. The molecule has 1 fully saturated rings. The van der Waals surface area contributed by atoms with Gasteiger partial charge in [-0.05, 0) is 103 Å². The molecule has 0 amide bonds. The van der Waals surface area contributed by atoms with Crippen LogP contribution in [0.2, 0.25) is 18.1 Å². The smallest absolute Gasteiger partial charge is 0.338 e. The number of benzene rings is 2. The number of fused-ring (bicyclic) bond motifs is 1. The number of hydrogen-bond donors (Lipinski definition) is 0. The summed E-state index contributed by atoms with van der Waals surface area (Å²) in [4.78, 5) is 18.6. The number of aromatic nitrogens is 1. The number of rotatable bonds is 9. The minimum Gasteiger partial charge on any atom is -0.493 e. The molecule has 3 aromatic rings. The van der Waals surface area contributed by atoms with E-state index in [4.69, 9.17) is 13.9 Å². The molecule has 0 spiro atoms. The Morgan fingerprint density at radius 3 is 2.48 bits per heavy atom. The van der Waals surface area contributed by atoms with Gasteiger partial charge in [-0.15, -0.1) is 0 Å². The molecular formula is C35H46N2O4Si. The number of methoxy groups -OCH3 is 1. The zero-order chi connectivity index (χ0) is 30.1. The summed E-state index contributed by atoms with van der Waals surface area (Å²) in [6.45, 7) is 12.3. The molecule has 1 aromatic heterocycles. The van der Waals surface area contributed by atoms with Gasteiger partial charge in [0.2, 0.25) is 0 Å². The van der Waals surface area contributed by atoms with E-state index in [1.165, 1.54) is 18.2 Å². The molecule has 2 heterocycles. The van der Waals surface area contributed by atoms with E-state index in [0.29, 0.717) is 30.1 Å². The second-order valence-electron chi connectivity index (χ2n) is 13.4. The van der Waals surface area contributed by atoms with Crippen LogP contribution >= 0.6 is 0 Å². The maximum atomic E-state index is 12.2. The molecule has 224 valence electrons. The zero-order valence-corrected chi connectivity index (χ0v) is 27.3. The molecule has 0 bridgehead atoms. The summed E-state index contributed by atoms with van der Waals surface area (Å²) in [6, 6.07) is 17.3. The van der Waals surface area contributed by atoms with Gasteiger partial charge < -0.3 is 18.8 Å². The molecule has 2 aliphatic rings. The Bertz CT molecular complexity index is 1390. The molecule has 0 saturated heterocycles. The van der Waals surface area contributed by atoms with Crippen LogP contribution in [-0.2, 0) is 15.6 Å². The van der Waals surface area contributed by atoms with Crippen molar-refractivity contribution in [3.8, 4) is 5.75 Å². The summed E-state index contributed by atoms with van der Waals surface area (Å²) in [7, 11) is 1.82. The van der Waals surface area contributed by atoms with Gasteiger partial charge in [0, 0.05) is 43.0 Å². The predicted octanol–water partition coefficient (Wildman–Crippen LogP) is 8.40. The lowest BCUT2D eigenvalue weighted by Gasteiger charge is -2.45. The summed E-state index contributed by atoms with van der Waals surface area (Å²) < 4.78 is 17.7. The van der Waals surface area contributed by atoms with Crippen LogP contribution in [-0.4, -0.2) is 46.1 Å². The molecule has 0 unspecified atom stereocenters. The van der Waals surface area contributed by atoms with E-state index in [-0.39, 0.29) is 11.0 Å². The molecule has 42 heavy (non-hydrogen) atoms. The van der Waals surface area contributed by atoms with Gasteiger partial charge in [-0.3, -0.25) is 4.98 Å². The Kier molecular flexibility index (Phi) is 8.81. The van der Waals surface area contributed by atoms with Crippen molar-refractivity contribution in [2.24, 2.45) is 0 Å². The zero-order valence-electron chi connectivity index (χ0n) is 26.3. The third-order valence-corrected chi connectivity index (χ3v) is 14.3. The van der Waals surface area contributed by atoms with Crippen molar-refractivity contribution >= 4 is 25.7 Å². The highest BCUT2D eigenvalue weighted by atomic mass is 28.4.